The molecule has 2 N–H and O–H groups in total. The number of aromatic carboxylic acids is 1. The molecule has 0 aliphatic carbocycles. The van der Waals surface area contributed by atoms with Gasteiger partial charge in [-0.3, -0.25) is 0 Å². The molecule has 0 unspecified atom stereocenters. The van der Waals surface area contributed by atoms with Gasteiger partial charge in [0, 0.05) is 11.4 Å². The summed E-state index contributed by atoms with van der Waals surface area (Å²) in [4.78, 5) is 11.7. The summed E-state index contributed by atoms with van der Waals surface area (Å²) in [5, 5.41) is 13.6. The van der Waals surface area contributed by atoms with Crippen LogP contribution in [0.3, 0.4) is 0 Å². The van der Waals surface area contributed by atoms with Crippen LogP contribution in [-0.2, 0) is 6.54 Å². The predicted octanol–water partition coefficient (Wildman–Crippen LogP) is 3.20. The van der Waals surface area contributed by atoms with Crippen molar-refractivity contribution in [3.8, 4) is 0 Å². The molecule has 1 heterocycles. The van der Waals surface area contributed by atoms with E-state index in [9.17, 15) is 9.18 Å². The van der Waals surface area contributed by atoms with Gasteiger partial charge in [0.25, 0.3) is 0 Å². The van der Waals surface area contributed by atoms with E-state index in [1.54, 1.807) is 11.3 Å². The number of nitrogens with one attached hydrogen (secondary N) is 1. The highest BCUT2D eigenvalue weighted by Gasteiger charge is 2.07. The Kier molecular flexibility index (Phi) is 3.39. The number of thiophene rings is 1. The van der Waals surface area contributed by atoms with Gasteiger partial charge in [-0.2, -0.15) is 0 Å². The highest BCUT2D eigenvalue weighted by molar-refractivity contribution is 7.09. The number of carboxylic acids is 1. The van der Waals surface area contributed by atoms with Gasteiger partial charge in [-0.1, -0.05) is 6.07 Å². The first-order valence-corrected chi connectivity index (χ1v) is 5.84. The van der Waals surface area contributed by atoms with Crippen molar-refractivity contribution >= 4 is 23.0 Å². The Balaban J connectivity index is 2.09. The van der Waals surface area contributed by atoms with Crippen molar-refractivity contribution in [2.45, 2.75) is 6.54 Å². The number of hydrogen-bond acceptors (Lipinski definition) is 3. The van der Waals surface area contributed by atoms with Gasteiger partial charge in [0.15, 0.2) is 0 Å². The molecule has 0 saturated carbocycles. The summed E-state index contributed by atoms with van der Waals surface area (Å²) >= 11 is 1.58. The molecule has 2 aromatic rings. The van der Waals surface area contributed by atoms with Gasteiger partial charge >= 0.3 is 5.97 Å². The van der Waals surface area contributed by atoms with E-state index in [-0.39, 0.29) is 5.56 Å². The molecule has 1 aromatic heterocycles. The number of benzene rings is 1. The Morgan fingerprint density at radius 1 is 1.41 bits per heavy atom. The molecule has 0 fully saturated rings. The molecule has 0 radical (unpaired) electrons. The van der Waals surface area contributed by atoms with Crippen LogP contribution in [0.2, 0.25) is 0 Å². The topological polar surface area (TPSA) is 49.3 Å². The zero-order valence-electron chi connectivity index (χ0n) is 8.81. The van der Waals surface area contributed by atoms with Crippen molar-refractivity contribution in [1.29, 1.82) is 0 Å². The van der Waals surface area contributed by atoms with Gasteiger partial charge in [-0.15, -0.1) is 11.3 Å². The number of carbonyl (C=O) groups is 1. The molecule has 88 valence electrons. The summed E-state index contributed by atoms with van der Waals surface area (Å²) in [7, 11) is 0. The summed E-state index contributed by atoms with van der Waals surface area (Å²) in [5.41, 5.74) is 0.257. The molecular weight excluding hydrogens is 241 g/mol. The molecule has 0 amide bonds. The molecule has 0 bridgehead atoms. The van der Waals surface area contributed by atoms with Crippen molar-refractivity contribution in [3.05, 3.63) is 52.0 Å². The fraction of sp³-hybridized carbons (Fsp3) is 0.0833. The van der Waals surface area contributed by atoms with Gasteiger partial charge in [-0.05, 0) is 29.6 Å². The molecule has 0 aliphatic heterocycles. The van der Waals surface area contributed by atoms with Gasteiger partial charge < -0.3 is 10.4 Å². The van der Waals surface area contributed by atoms with Crippen LogP contribution in [0.1, 0.15) is 15.2 Å². The molecule has 0 atom stereocenters. The summed E-state index contributed by atoms with van der Waals surface area (Å²) in [5.74, 6) is -1.69. The average Bonchev–Trinajstić information content (AvgIpc) is 2.80. The van der Waals surface area contributed by atoms with Crippen LogP contribution in [0.25, 0.3) is 0 Å². The minimum absolute atomic E-state index is 0.0517. The summed E-state index contributed by atoms with van der Waals surface area (Å²) in [6, 6.07) is 7.69. The van der Waals surface area contributed by atoms with E-state index in [1.165, 1.54) is 12.1 Å². The molecule has 0 spiro atoms. The lowest BCUT2D eigenvalue weighted by molar-refractivity contribution is 0.0696. The maximum Gasteiger partial charge on any atom is 0.335 e. The molecular formula is C12H10FNO2S. The Bertz CT molecular complexity index is 525. The quantitative estimate of drug-likeness (QED) is 0.877. The summed E-state index contributed by atoms with van der Waals surface area (Å²) in [6.45, 7) is 0.529. The number of halogens is 1. The Morgan fingerprint density at radius 3 is 2.82 bits per heavy atom. The largest absolute Gasteiger partial charge is 0.478 e. The average molecular weight is 251 g/mol. The first-order valence-electron chi connectivity index (χ1n) is 4.96. The number of carboxylic acid groups (broad SMARTS) is 1. The van der Waals surface area contributed by atoms with Crippen LogP contribution in [-0.4, -0.2) is 11.1 Å². The Hall–Kier alpha value is -1.88. The molecule has 5 heteroatoms. The summed E-state index contributed by atoms with van der Waals surface area (Å²) in [6.07, 6.45) is 0. The first kappa shape index (κ1) is 11.6. The minimum atomic E-state index is -1.13. The van der Waals surface area contributed by atoms with E-state index in [1.807, 2.05) is 17.5 Å². The normalized spacial score (nSPS) is 10.2. The number of rotatable bonds is 4. The Labute approximate surface area is 102 Å². The molecule has 2 rings (SSSR count). The molecule has 0 aliphatic rings. The smallest absolute Gasteiger partial charge is 0.335 e. The van der Waals surface area contributed by atoms with Gasteiger partial charge in [0.1, 0.15) is 5.82 Å². The van der Waals surface area contributed by atoms with Crippen LogP contribution in [0.5, 0.6) is 0 Å². The lowest BCUT2D eigenvalue weighted by Crippen LogP contribution is -2.02. The first-order chi connectivity index (χ1) is 8.16. The Morgan fingerprint density at radius 2 is 2.24 bits per heavy atom. The van der Waals surface area contributed by atoms with Crippen molar-refractivity contribution in [2.24, 2.45) is 0 Å². The van der Waals surface area contributed by atoms with Gasteiger partial charge in [0.05, 0.1) is 11.3 Å². The molecule has 17 heavy (non-hydrogen) atoms. The minimum Gasteiger partial charge on any atom is -0.478 e. The van der Waals surface area contributed by atoms with Gasteiger partial charge in [0.2, 0.25) is 0 Å². The van der Waals surface area contributed by atoms with E-state index >= 15 is 0 Å². The SMILES string of the molecule is O=C(O)c1ccc(NCc2cccs2)c(F)c1. The van der Waals surface area contributed by atoms with Crippen molar-refractivity contribution in [2.75, 3.05) is 5.32 Å². The van der Waals surface area contributed by atoms with E-state index in [0.29, 0.717) is 12.2 Å². The third-order valence-electron chi connectivity index (χ3n) is 2.25. The van der Waals surface area contributed by atoms with E-state index in [0.717, 1.165) is 10.9 Å². The van der Waals surface area contributed by atoms with Crippen LogP contribution < -0.4 is 5.32 Å². The van der Waals surface area contributed by atoms with Crippen LogP contribution in [0, 0.1) is 5.82 Å². The second-order valence-electron chi connectivity index (χ2n) is 3.43. The fourth-order valence-electron chi connectivity index (χ4n) is 1.39. The third-order valence-corrected chi connectivity index (χ3v) is 3.13. The fourth-order valence-corrected chi connectivity index (χ4v) is 2.03. The standard InChI is InChI=1S/C12H10FNO2S/c13-10-6-8(12(15)16)3-4-11(10)14-7-9-2-1-5-17-9/h1-6,14H,7H2,(H,15,16). The predicted molar refractivity (Wildman–Crippen MR) is 65.0 cm³/mol. The number of anilines is 1. The maximum atomic E-state index is 13.5. The second kappa shape index (κ2) is 4.97. The number of hydrogen-bond donors (Lipinski definition) is 2. The third kappa shape index (κ3) is 2.82. The van der Waals surface area contributed by atoms with Crippen molar-refractivity contribution in [1.82, 2.24) is 0 Å². The zero-order chi connectivity index (χ0) is 12.3. The van der Waals surface area contributed by atoms with Gasteiger partial charge in [-0.25, -0.2) is 9.18 Å². The van der Waals surface area contributed by atoms with E-state index in [2.05, 4.69) is 5.32 Å². The lowest BCUT2D eigenvalue weighted by Gasteiger charge is -2.06. The van der Waals surface area contributed by atoms with Crippen LogP contribution in [0.4, 0.5) is 10.1 Å². The molecule has 0 saturated heterocycles. The lowest BCUT2D eigenvalue weighted by atomic mass is 10.2. The molecule has 3 nitrogen and oxygen atoms in total. The van der Waals surface area contributed by atoms with Crippen molar-refractivity contribution < 1.29 is 14.3 Å². The van der Waals surface area contributed by atoms with Crippen LogP contribution >= 0.6 is 11.3 Å². The monoisotopic (exact) mass is 251 g/mol. The summed E-state index contributed by atoms with van der Waals surface area (Å²) < 4.78 is 13.5. The zero-order valence-corrected chi connectivity index (χ0v) is 9.63. The molecule has 1 aromatic carbocycles. The maximum absolute atomic E-state index is 13.5. The second-order valence-corrected chi connectivity index (χ2v) is 4.46. The van der Waals surface area contributed by atoms with E-state index < -0.39 is 11.8 Å². The highest BCUT2D eigenvalue weighted by atomic mass is 32.1. The highest BCUT2D eigenvalue weighted by Crippen LogP contribution is 2.18. The van der Waals surface area contributed by atoms with Crippen LogP contribution in [0.15, 0.2) is 35.7 Å². The van der Waals surface area contributed by atoms with E-state index in [4.69, 9.17) is 5.11 Å². The van der Waals surface area contributed by atoms with Crippen molar-refractivity contribution in [3.63, 3.8) is 0 Å².